The Hall–Kier alpha value is -2.42. The molecule has 9 heteroatoms. The van der Waals surface area contributed by atoms with E-state index in [9.17, 15) is 14.4 Å². The van der Waals surface area contributed by atoms with Crippen LogP contribution in [0.25, 0.3) is 0 Å². The molecule has 4 heterocycles. The SMILES string of the molecule is O=C1CCC(C(=O)N2CCc3c(C(=O)NC4CCOCC4)n[nH]c3C2)N1. The fraction of sp³-hybridized carbons (Fsp3) is 0.647. The highest BCUT2D eigenvalue weighted by molar-refractivity contribution is 5.94. The first kappa shape index (κ1) is 17.0. The summed E-state index contributed by atoms with van der Waals surface area (Å²) in [5, 5.41) is 12.8. The van der Waals surface area contributed by atoms with Gasteiger partial charge in [0.2, 0.25) is 11.8 Å². The van der Waals surface area contributed by atoms with E-state index in [2.05, 4.69) is 20.8 Å². The van der Waals surface area contributed by atoms with E-state index in [-0.39, 0.29) is 23.8 Å². The molecule has 0 radical (unpaired) electrons. The van der Waals surface area contributed by atoms with Crippen LogP contribution in [-0.2, 0) is 27.3 Å². The Morgan fingerprint density at radius 1 is 1.19 bits per heavy atom. The molecular formula is C17H23N5O4. The lowest BCUT2D eigenvalue weighted by Crippen LogP contribution is -2.46. The second-order valence-electron chi connectivity index (χ2n) is 7.06. The number of carbonyl (C=O) groups excluding carboxylic acids is 3. The third-order valence-electron chi connectivity index (χ3n) is 5.31. The summed E-state index contributed by atoms with van der Waals surface area (Å²) in [4.78, 5) is 38.1. The van der Waals surface area contributed by atoms with E-state index in [1.54, 1.807) is 4.90 Å². The Balaban J connectivity index is 1.40. The Kier molecular flexibility index (Phi) is 4.62. The van der Waals surface area contributed by atoms with Crippen LogP contribution >= 0.6 is 0 Å². The van der Waals surface area contributed by atoms with Crippen molar-refractivity contribution in [3.63, 3.8) is 0 Å². The van der Waals surface area contributed by atoms with Crippen molar-refractivity contribution in [1.82, 2.24) is 25.7 Å². The Bertz CT molecular complexity index is 725. The van der Waals surface area contributed by atoms with Gasteiger partial charge in [-0.05, 0) is 25.7 Å². The van der Waals surface area contributed by atoms with Crippen molar-refractivity contribution in [3.05, 3.63) is 17.0 Å². The number of aromatic nitrogens is 2. The van der Waals surface area contributed by atoms with Crippen LogP contribution in [0.15, 0.2) is 0 Å². The first-order valence-corrected chi connectivity index (χ1v) is 9.14. The first-order valence-electron chi connectivity index (χ1n) is 9.14. The maximum atomic E-state index is 12.5. The van der Waals surface area contributed by atoms with Crippen LogP contribution in [0.1, 0.15) is 47.4 Å². The van der Waals surface area contributed by atoms with E-state index < -0.39 is 6.04 Å². The van der Waals surface area contributed by atoms with Gasteiger partial charge < -0.3 is 20.3 Å². The minimum Gasteiger partial charge on any atom is -0.381 e. The molecule has 3 N–H and O–H groups in total. The van der Waals surface area contributed by atoms with Crippen molar-refractivity contribution in [3.8, 4) is 0 Å². The number of aromatic amines is 1. The molecule has 2 fully saturated rings. The van der Waals surface area contributed by atoms with Crippen molar-refractivity contribution in [2.75, 3.05) is 19.8 Å². The van der Waals surface area contributed by atoms with Crippen LogP contribution in [0.5, 0.6) is 0 Å². The number of ether oxygens (including phenoxy) is 1. The molecule has 0 bridgehead atoms. The molecular weight excluding hydrogens is 338 g/mol. The Labute approximate surface area is 150 Å². The normalized spacial score (nSPS) is 23.5. The topological polar surface area (TPSA) is 116 Å². The summed E-state index contributed by atoms with van der Waals surface area (Å²) >= 11 is 0. The summed E-state index contributed by atoms with van der Waals surface area (Å²) < 4.78 is 5.31. The van der Waals surface area contributed by atoms with Crippen molar-refractivity contribution in [2.45, 2.75) is 50.7 Å². The van der Waals surface area contributed by atoms with Crippen molar-refractivity contribution < 1.29 is 19.1 Å². The minimum atomic E-state index is -0.428. The molecule has 3 amide bonds. The lowest BCUT2D eigenvalue weighted by Gasteiger charge is -2.29. The lowest BCUT2D eigenvalue weighted by molar-refractivity contribution is -0.135. The van der Waals surface area contributed by atoms with Crippen LogP contribution in [0, 0.1) is 0 Å². The van der Waals surface area contributed by atoms with Gasteiger partial charge in [0.05, 0.1) is 12.2 Å². The van der Waals surface area contributed by atoms with E-state index in [1.807, 2.05) is 0 Å². The maximum Gasteiger partial charge on any atom is 0.272 e. The average Bonchev–Trinajstić information content (AvgIpc) is 3.27. The number of fused-ring (bicyclic) bond motifs is 1. The molecule has 0 aromatic carbocycles. The third kappa shape index (κ3) is 3.31. The molecule has 0 spiro atoms. The minimum absolute atomic E-state index is 0.0655. The smallest absolute Gasteiger partial charge is 0.272 e. The maximum absolute atomic E-state index is 12.5. The standard InChI is InChI=1S/C17H23N5O4/c23-14-2-1-12(19-14)17(25)22-6-3-11-13(9-22)20-21-15(11)16(24)18-10-4-7-26-8-5-10/h10,12H,1-9H2,(H,18,24)(H,19,23)(H,20,21). The van der Waals surface area contributed by atoms with Gasteiger partial charge in [0.15, 0.2) is 5.69 Å². The highest BCUT2D eigenvalue weighted by Crippen LogP contribution is 2.22. The van der Waals surface area contributed by atoms with E-state index in [0.29, 0.717) is 51.3 Å². The molecule has 26 heavy (non-hydrogen) atoms. The molecule has 1 unspecified atom stereocenters. The van der Waals surface area contributed by atoms with Gasteiger partial charge in [0.25, 0.3) is 5.91 Å². The zero-order chi connectivity index (χ0) is 18.1. The number of nitrogens with zero attached hydrogens (tertiary/aromatic N) is 2. The molecule has 2 saturated heterocycles. The summed E-state index contributed by atoms with van der Waals surface area (Å²) in [5.41, 5.74) is 2.10. The summed E-state index contributed by atoms with van der Waals surface area (Å²) in [6.07, 6.45) is 3.15. The first-order chi connectivity index (χ1) is 12.6. The molecule has 0 saturated carbocycles. The van der Waals surface area contributed by atoms with Crippen LogP contribution in [-0.4, -0.2) is 64.7 Å². The molecule has 140 valence electrons. The van der Waals surface area contributed by atoms with Gasteiger partial charge in [0, 0.05) is 37.8 Å². The molecule has 1 atom stereocenters. The van der Waals surface area contributed by atoms with Gasteiger partial charge in [-0.25, -0.2) is 0 Å². The predicted octanol–water partition coefficient (Wildman–Crippen LogP) is -0.518. The number of hydrogen-bond acceptors (Lipinski definition) is 5. The predicted molar refractivity (Wildman–Crippen MR) is 90.2 cm³/mol. The van der Waals surface area contributed by atoms with Crippen LogP contribution in [0.2, 0.25) is 0 Å². The van der Waals surface area contributed by atoms with Crippen LogP contribution in [0.3, 0.4) is 0 Å². The Morgan fingerprint density at radius 3 is 2.73 bits per heavy atom. The lowest BCUT2D eigenvalue weighted by atomic mass is 10.0. The molecule has 3 aliphatic rings. The second kappa shape index (κ2) is 7.06. The quantitative estimate of drug-likeness (QED) is 0.670. The summed E-state index contributed by atoms with van der Waals surface area (Å²) in [7, 11) is 0. The number of nitrogens with one attached hydrogen (secondary N) is 3. The molecule has 1 aromatic rings. The third-order valence-corrected chi connectivity index (χ3v) is 5.31. The second-order valence-corrected chi connectivity index (χ2v) is 7.06. The number of H-pyrrole nitrogens is 1. The van der Waals surface area contributed by atoms with E-state index in [1.165, 1.54) is 0 Å². The van der Waals surface area contributed by atoms with Gasteiger partial charge in [0.1, 0.15) is 6.04 Å². The van der Waals surface area contributed by atoms with Crippen molar-refractivity contribution in [1.29, 1.82) is 0 Å². The summed E-state index contributed by atoms with van der Waals surface area (Å²) in [6, 6.07) is -0.306. The fourth-order valence-corrected chi connectivity index (χ4v) is 3.81. The monoisotopic (exact) mass is 361 g/mol. The van der Waals surface area contributed by atoms with Gasteiger partial charge in [-0.2, -0.15) is 5.10 Å². The average molecular weight is 361 g/mol. The van der Waals surface area contributed by atoms with E-state index in [4.69, 9.17) is 4.74 Å². The summed E-state index contributed by atoms with van der Waals surface area (Å²) in [5.74, 6) is -0.309. The number of carbonyl (C=O) groups is 3. The van der Waals surface area contributed by atoms with Gasteiger partial charge in [-0.15, -0.1) is 0 Å². The molecule has 1 aromatic heterocycles. The Morgan fingerprint density at radius 2 is 2.00 bits per heavy atom. The largest absolute Gasteiger partial charge is 0.381 e. The highest BCUT2D eigenvalue weighted by Gasteiger charge is 2.34. The zero-order valence-electron chi connectivity index (χ0n) is 14.5. The molecule has 3 aliphatic heterocycles. The van der Waals surface area contributed by atoms with Crippen LogP contribution < -0.4 is 10.6 Å². The van der Waals surface area contributed by atoms with Crippen LogP contribution in [0.4, 0.5) is 0 Å². The van der Waals surface area contributed by atoms with Crippen molar-refractivity contribution >= 4 is 17.7 Å². The fourth-order valence-electron chi connectivity index (χ4n) is 3.81. The van der Waals surface area contributed by atoms with Gasteiger partial charge >= 0.3 is 0 Å². The van der Waals surface area contributed by atoms with E-state index in [0.717, 1.165) is 24.1 Å². The van der Waals surface area contributed by atoms with Crippen molar-refractivity contribution in [2.24, 2.45) is 0 Å². The molecule has 9 nitrogen and oxygen atoms in total. The number of amides is 3. The summed E-state index contributed by atoms with van der Waals surface area (Å²) in [6.45, 7) is 2.24. The zero-order valence-corrected chi connectivity index (χ0v) is 14.5. The number of rotatable bonds is 3. The number of hydrogen-bond donors (Lipinski definition) is 3. The van der Waals surface area contributed by atoms with Gasteiger partial charge in [-0.1, -0.05) is 0 Å². The molecule has 4 rings (SSSR count). The van der Waals surface area contributed by atoms with Gasteiger partial charge in [-0.3, -0.25) is 19.5 Å². The molecule has 0 aliphatic carbocycles. The highest BCUT2D eigenvalue weighted by atomic mass is 16.5. The van der Waals surface area contributed by atoms with E-state index >= 15 is 0 Å².